The van der Waals surface area contributed by atoms with Gasteiger partial charge in [0.25, 0.3) is 5.56 Å². The van der Waals surface area contributed by atoms with E-state index in [0.717, 1.165) is 12.1 Å². The van der Waals surface area contributed by atoms with E-state index in [1.54, 1.807) is 6.92 Å². The summed E-state index contributed by atoms with van der Waals surface area (Å²) in [6, 6.07) is 4.17. The molecule has 6 nitrogen and oxygen atoms in total. The molecule has 0 aliphatic rings. The SMILES string of the molecule is CC(C)c1nc(NC(C)c2ccc(C(F)(F)F)cc2)c(C(=N)CO)c(=O)[nH]1. The van der Waals surface area contributed by atoms with Crippen molar-refractivity contribution in [2.75, 3.05) is 11.9 Å². The minimum absolute atomic E-state index is 0.0861. The zero-order chi connectivity index (χ0) is 20.4. The summed E-state index contributed by atoms with van der Waals surface area (Å²) in [7, 11) is 0. The molecule has 2 aromatic rings. The van der Waals surface area contributed by atoms with Crippen LogP contribution in [0.1, 0.15) is 55.2 Å². The quantitative estimate of drug-likeness (QED) is 0.575. The Balaban J connectivity index is 2.40. The van der Waals surface area contributed by atoms with Crippen LogP contribution in [0, 0.1) is 5.41 Å². The Hall–Kier alpha value is -2.68. The van der Waals surface area contributed by atoms with Gasteiger partial charge in [0.05, 0.1) is 17.9 Å². The van der Waals surface area contributed by atoms with Gasteiger partial charge in [-0.3, -0.25) is 4.79 Å². The number of hydrogen-bond acceptors (Lipinski definition) is 5. The third kappa shape index (κ3) is 4.73. The summed E-state index contributed by atoms with van der Waals surface area (Å²) < 4.78 is 38.1. The van der Waals surface area contributed by atoms with E-state index in [-0.39, 0.29) is 23.0 Å². The normalized spacial score (nSPS) is 12.9. The van der Waals surface area contributed by atoms with E-state index in [1.165, 1.54) is 12.1 Å². The molecule has 0 bridgehead atoms. The second kappa shape index (κ2) is 7.91. The van der Waals surface area contributed by atoms with Gasteiger partial charge in [-0.1, -0.05) is 26.0 Å². The van der Waals surface area contributed by atoms with Crippen molar-refractivity contribution in [3.63, 3.8) is 0 Å². The molecule has 0 radical (unpaired) electrons. The number of nitrogens with zero attached hydrogens (tertiary/aromatic N) is 1. The highest BCUT2D eigenvalue weighted by Crippen LogP contribution is 2.30. The van der Waals surface area contributed by atoms with E-state index in [0.29, 0.717) is 11.4 Å². The molecule has 0 fully saturated rings. The van der Waals surface area contributed by atoms with E-state index in [4.69, 9.17) is 5.41 Å². The fourth-order valence-corrected chi connectivity index (χ4v) is 2.48. The average Bonchev–Trinajstić information content (AvgIpc) is 2.60. The molecular formula is C18H21F3N4O2. The Kier molecular flexibility index (Phi) is 6.04. The van der Waals surface area contributed by atoms with Gasteiger partial charge in [0.15, 0.2) is 0 Å². The van der Waals surface area contributed by atoms with Gasteiger partial charge in [0.1, 0.15) is 17.2 Å². The molecule has 1 unspecified atom stereocenters. The van der Waals surface area contributed by atoms with Gasteiger partial charge in [-0.05, 0) is 24.6 Å². The first-order valence-corrected chi connectivity index (χ1v) is 8.31. The predicted octanol–water partition coefficient (Wildman–Crippen LogP) is 3.45. The van der Waals surface area contributed by atoms with E-state index in [1.807, 2.05) is 13.8 Å². The smallest absolute Gasteiger partial charge is 0.390 e. The Morgan fingerprint density at radius 2 is 1.85 bits per heavy atom. The van der Waals surface area contributed by atoms with Crippen LogP contribution < -0.4 is 10.9 Å². The van der Waals surface area contributed by atoms with Crippen LogP contribution in [0.25, 0.3) is 0 Å². The third-order valence-electron chi connectivity index (χ3n) is 4.04. The monoisotopic (exact) mass is 382 g/mol. The number of aliphatic hydroxyl groups is 1. The van der Waals surface area contributed by atoms with E-state index in [2.05, 4.69) is 15.3 Å². The van der Waals surface area contributed by atoms with E-state index < -0.39 is 29.9 Å². The molecule has 146 valence electrons. The van der Waals surface area contributed by atoms with Gasteiger partial charge in [-0.2, -0.15) is 13.2 Å². The number of aromatic nitrogens is 2. The fourth-order valence-electron chi connectivity index (χ4n) is 2.48. The molecule has 0 aliphatic heterocycles. The lowest BCUT2D eigenvalue weighted by molar-refractivity contribution is -0.137. The summed E-state index contributed by atoms with van der Waals surface area (Å²) in [6.07, 6.45) is -4.42. The molecule has 1 aromatic carbocycles. The van der Waals surface area contributed by atoms with Gasteiger partial charge >= 0.3 is 6.18 Å². The summed E-state index contributed by atoms with van der Waals surface area (Å²) in [5.41, 5.74) is -1.16. The van der Waals surface area contributed by atoms with Crippen LogP contribution in [-0.2, 0) is 6.18 Å². The van der Waals surface area contributed by atoms with Crippen molar-refractivity contribution in [2.24, 2.45) is 0 Å². The molecule has 4 N–H and O–H groups in total. The number of nitrogens with one attached hydrogen (secondary N) is 3. The molecule has 0 saturated carbocycles. The minimum atomic E-state index is -4.42. The third-order valence-corrected chi connectivity index (χ3v) is 4.04. The second-order valence-corrected chi connectivity index (χ2v) is 6.45. The molecule has 9 heteroatoms. The molecule has 0 amide bonds. The van der Waals surface area contributed by atoms with Crippen molar-refractivity contribution in [3.8, 4) is 0 Å². The molecule has 1 aromatic heterocycles. The average molecular weight is 382 g/mol. The molecule has 0 saturated heterocycles. The molecule has 1 heterocycles. The van der Waals surface area contributed by atoms with Gasteiger partial charge in [-0.25, -0.2) is 4.98 Å². The zero-order valence-electron chi connectivity index (χ0n) is 15.1. The number of H-pyrrole nitrogens is 1. The highest BCUT2D eigenvalue weighted by Gasteiger charge is 2.30. The number of aromatic amines is 1. The topological polar surface area (TPSA) is 102 Å². The number of hydrogen-bond donors (Lipinski definition) is 4. The van der Waals surface area contributed by atoms with E-state index >= 15 is 0 Å². The van der Waals surface area contributed by atoms with Crippen molar-refractivity contribution < 1.29 is 18.3 Å². The minimum Gasteiger partial charge on any atom is -0.390 e. The van der Waals surface area contributed by atoms with Gasteiger partial charge in [-0.15, -0.1) is 0 Å². The Morgan fingerprint density at radius 1 is 1.26 bits per heavy atom. The number of aliphatic hydroxyl groups excluding tert-OH is 1. The van der Waals surface area contributed by atoms with Gasteiger partial charge < -0.3 is 20.8 Å². The van der Waals surface area contributed by atoms with Crippen molar-refractivity contribution in [1.82, 2.24) is 9.97 Å². The van der Waals surface area contributed by atoms with Crippen molar-refractivity contribution in [1.29, 1.82) is 5.41 Å². The lowest BCUT2D eigenvalue weighted by atomic mass is 10.1. The first-order chi connectivity index (χ1) is 12.5. The molecular weight excluding hydrogens is 361 g/mol. The van der Waals surface area contributed by atoms with Crippen LogP contribution >= 0.6 is 0 Å². The van der Waals surface area contributed by atoms with Crippen LogP contribution in [0.2, 0.25) is 0 Å². The summed E-state index contributed by atoms with van der Waals surface area (Å²) in [5, 5.41) is 20.0. The maximum atomic E-state index is 12.7. The van der Waals surface area contributed by atoms with Crippen LogP contribution in [0.5, 0.6) is 0 Å². The second-order valence-electron chi connectivity index (χ2n) is 6.45. The van der Waals surface area contributed by atoms with Crippen molar-refractivity contribution in [2.45, 2.75) is 38.9 Å². The summed E-state index contributed by atoms with van der Waals surface area (Å²) in [5.74, 6) is 0.419. The Morgan fingerprint density at radius 3 is 2.33 bits per heavy atom. The highest BCUT2D eigenvalue weighted by molar-refractivity contribution is 6.02. The number of rotatable bonds is 6. The lowest BCUT2D eigenvalue weighted by Gasteiger charge is -2.19. The summed E-state index contributed by atoms with van der Waals surface area (Å²) in [4.78, 5) is 19.2. The van der Waals surface area contributed by atoms with Crippen molar-refractivity contribution in [3.05, 3.63) is 57.1 Å². The van der Waals surface area contributed by atoms with Crippen molar-refractivity contribution >= 4 is 11.5 Å². The lowest BCUT2D eigenvalue weighted by Crippen LogP contribution is -2.26. The molecule has 2 rings (SSSR count). The zero-order valence-corrected chi connectivity index (χ0v) is 15.1. The van der Waals surface area contributed by atoms with E-state index in [9.17, 15) is 23.1 Å². The van der Waals surface area contributed by atoms with Crippen LogP contribution in [-0.4, -0.2) is 27.4 Å². The van der Waals surface area contributed by atoms with Crippen LogP contribution in [0.3, 0.4) is 0 Å². The van der Waals surface area contributed by atoms with Crippen LogP contribution in [0.15, 0.2) is 29.1 Å². The Bertz CT molecular complexity index is 874. The largest absolute Gasteiger partial charge is 0.416 e. The Labute approximate surface area is 154 Å². The summed E-state index contributed by atoms with van der Waals surface area (Å²) >= 11 is 0. The first kappa shape index (κ1) is 20.6. The summed E-state index contributed by atoms with van der Waals surface area (Å²) in [6.45, 7) is 4.72. The number of halogens is 3. The maximum Gasteiger partial charge on any atom is 0.416 e. The van der Waals surface area contributed by atoms with Gasteiger partial charge in [0.2, 0.25) is 0 Å². The molecule has 27 heavy (non-hydrogen) atoms. The first-order valence-electron chi connectivity index (χ1n) is 8.31. The number of benzene rings is 1. The highest BCUT2D eigenvalue weighted by atomic mass is 19.4. The maximum absolute atomic E-state index is 12.7. The molecule has 1 atom stereocenters. The van der Waals surface area contributed by atoms with Crippen LogP contribution in [0.4, 0.5) is 19.0 Å². The molecule has 0 aliphatic carbocycles. The number of alkyl halides is 3. The standard InChI is InChI=1S/C18H21F3N4O2/c1-9(2)15-24-16(14(13(22)8-26)17(27)25-15)23-10(3)11-4-6-12(7-5-11)18(19,20)21/h4-7,9-10,22,26H,8H2,1-3H3,(H2,23,24,25,27). The predicted molar refractivity (Wildman–Crippen MR) is 96.3 cm³/mol. The fraction of sp³-hybridized carbons (Fsp3) is 0.389. The molecule has 0 spiro atoms. The number of anilines is 1. The van der Waals surface area contributed by atoms with Gasteiger partial charge in [0, 0.05) is 12.0 Å².